The molecule has 0 saturated carbocycles. The van der Waals surface area contributed by atoms with Crippen LogP contribution in [0.3, 0.4) is 0 Å². The summed E-state index contributed by atoms with van der Waals surface area (Å²) in [5.74, 6) is 0. The van der Waals surface area contributed by atoms with Gasteiger partial charge in [0.1, 0.15) is 0 Å². The van der Waals surface area contributed by atoms with Gasteiger partial charge in [0.15, 0.2) is 0 Å². The summed E-state index contributed by atoms with van der Waals surface area (Å²) in [5, 5.41) is 4.35. The highest BCUT2D eigenvalue weighted by Crippen LogP contribution is 2.30. The van der Waals surface area contributed by atoms with Gasteiger partial charge in [0, 0.05) is 15.5 Å². The Kier molecular flexibility index (Phi) is 5.86. The van der Waals surface area contributed by atoms with Crippen molar-refractivity contribution < 1.29 is 0 Å². The zero-order valence-electron chi connectivity index (χ0n) is 12.7. The molecule has 1 nitrogen and oxygen atoms in total. The first-order valence-corrected chi connectivity index (χ1v) is 8.43. The van der Waals surface area contributed by atoms with E-state index < -0.39 is 0 Å². The lowest BCUT2D eigenvalue weighted by Crippen LogP contribution is -2.24. The zero-order chi connectivity index (χ0) is 15.4. The van der Waals surface area contributed by atoms with Crippen molar-refractivity contribution in [1.82, 2.24) is 5.32 Å². The van der Waals surface area contributed by atoms with Crippen molar-refractivity contribution in [3.63, 3.8) is 0 Å². The number of halogens is 2. The van der Waals surface area contributed by atoms with Crippen molar-refractivity contribution in [1.29, 1.82) is 0 Å². The van der Waals surface area contributed by atoms with E-state index in [0.29, 0.717) is 0 Å². The predicted molar refractivity (Wildman–Crippen MR) is 95.2 cm³/mol. The standard InChI is InChI=1S/C18H21BrClN/c1-4-21-18(15-9-8-14(20)10-17(15)19)11-16-12(2)6-5-7-13(16)3/h5-10,18,21H,4,11H2,1-3H3. The fourth-order valence-corrected chi connectivity index (χ4v) is 3.66. The molecule has 0 aliphatic rings. The maximum Gasteiger partial charge on any atom is 0.0417 e. The van der Waals surface area contributed by atoms with Crippen molar-refractivity contribution in [3.05, 3.63) is 68.1 Å². The molecule has 0 fully saturated rings. The number of rotatable bonds is 5. The van der Waals surface area contributed by atoms with E-state index in [0.717, 1.165) is 22.5 Å². The third-order valence-electron chi connectivity index (χ3n) is 3.84. The molecular weight excluding hydrogens is 346 g/mol. The summed E-state index contributed by atoms with van der Waals surface area (Å²) < 4.78 is 1.06. The van der Waals surface area contributed by atoms with Crippen LogP contribution >= 0.6 is 27.5 Å². The van der Waals surface area contributed by atoms with Crippen LogP contribution in [0.15, 0.2) is 40.9 Å². The fraction of sp³-hybridized carbons (Fsp3) is 0.333. The number of nitrogens with one attached hydrogen (secondary N) is 1. The average Bonchev–Trinajstić information content (AvgIpc) is 2.42. The molecule has 2 rings (SSSR count). The molecule has 1 atom stereocenters. The molecule has 2 aromatic rings. The van der Waals surface area contributed by atoms with E-state index in [4.69, 9.17) is 11.6 Å². The lowest BCUT2D eigenvalue weighted by molar-refractivity contribution is 0.546. The first-order chi connectivity index (χ1) is 10.0. The van der Waals surface area contributed by atoms with E-state index in [1.165, 1.54) is 22.3 Å². The summed E-state index contributed by atoms with van der Waals surface area (Å²) in [6.45, 7) is 7.44. The van der Waals surface area contributed by atoms with Gasteiger partial charge in [-0.05, 0) is 61.2 Å². The molecule has 21 heavy (non-hydrogen) atoms. The van der Waals surface area contributed by atoms with Gasteiger partial charge in [-0.1, -0.05) is 58.7 Å². The Morgan fingerprint density at radius 1 is 1.14 bits per heavy atom. The van der Waals surface area contributed by atoms with Crippen LogP contribution in [0.1, 0.15) is 35.2 Å². The predicted octanol–water partition coefficient (Wildman–Crippen LogP) is 5.61. The number of likely N-dealkylation sites (N-methyl/N-ethyl adjacent to an activating group) is 1. The average molecular weight is 367 g/mol. The van der Waals surface area contributed by atoms with Crippen LogP contribution < -0.4 is 5.32 Å². The van der Waals surface area contributed by atoms with E-state index in [-0.39, 0.29) is 6.04 Å². The highest BCUT2D eigenvalue weighted by Gasteiger charge is 2.16. The van der Waals surface area contributed by atoms with Gasteiger partial charge in [0.05, 0.1) is 0 Å². The highest BCUT2D eigenvalue weighted by atomic mass is 79.9. The minimum atomic E-state index is 0.279. The molecule has 0 aromatic heterocycles. The van der Waals surface area contributed by atoms with Gasteiger partial charge in [0.2, 0.25) is 0 Å². The van der Waals surface area contributed by atoms with Gasteiger partial charge in [-0.2, -0.15) is 0 Å². The first kappa shape index (κ1) is 16.5. The maximum atomic E-state index is 6.06. The quantitative estimate of drug-likeness (QED) is 0.725. The van der Waals surface area contributed by atoms with Gasteiger partial charge in [-0.3, -0.25) is 0 Å². The second-order valence-corrected chi connectivity index (χ2v) is 6.64. The third kappa shape index (κ3) is 4.09. The lowest BCUT2D eigenvalue weighted by Gasteiger charge is -2.22. The summed E-state index contributed by atoms with van der Waals surface area (Å²) in [7, 11) is 0. The number of hydrogen-bond acceptors (Lipinski definition) is 1. The van der Waals surface area contributed by atoms with Crippen LogP contribution in [0.5, 0.6) is 0 Å². The first-order valence-electron chi connectivity index (χ1n) is 7.26. The van der Waals surface area contributed by atoms with Crippen LogP contribution in [-0.4, -0.2) is 6.54 Å². The van der Waals surface area contributed by atoms with Crippen LogP contribution in [0.4, 0.5) is 0 Å². The molecule has 0 bridgehead atoms. The second-order valence-electron chi connectivity index (χ2n) is 5.35. The largest absolute Gasteiger partial charge is 0.310 e. The van der Waals surface area contributed by atoms with Crippen molar-refractivity contribution >= 4 is 27.5 Å². The van der Waals surface area contributed by atoms with Gasteiger partial charge in [0.25, 0.3) is 0 Å². The molecule has 2 aromatic carbocycles. The molecule has 0 aliphatic heterocycles. The molecule has 0 amide bonds. The highest BCUT2D eigenvalue weighted by molar-refractivity contribution is 9.10. The molecule has 1 N–H and O–H groups in total. The van der Waals surface area contributed by atoms with Crippen molar-refractivity contribution in [3.8, 4) is 0 Å². The van der Waals surface area contributed by atoms with Crippen molar-refractivity contribution in [2.24, 2.45) is 0 Å². The topological polar surface area (TPSA) is 12.0 Å². The molecule has 0 aliphatic carbocycles. The number of aryl methyl sites for hydroxylation is 2. The normalized spacial score (nSPS) is 12.4. The molecule has 0 heterocycles. The molecule has 0 saturated heterocycles. The van der Waals surface area contributed by atoms with Crippen molar-refractivity contribution in [2.45, 2.75) is 33.2 Å². The summed E-state index contributed by atoms with van der Waals surface area (Å²) in [6.07, 6.45) is 0.979. The molecule has 0 spiro atoms. The Hall–Kier alpha value is -0.830. The molecule has 3 heteroatoms. The number of benzene rings is 2. The van der Waals surface area contributed by atoms with Crippen LogP contribution in [-0.2, 0) is 6.42 Å². The molecule has 112 valence electrons. The Balaban J connectivity index is 2.35. The smallest absolute Gasteiger partial charge is 0.0417 e. The monoisotopic (exact) mass is 365 g/mol. The minimum Gasteiger partial charge on any atom is -0.310 e. The summed E-state index contributed by atoms with van der Waals surface area (Å²) in [4.78, 5) is 0. The Labute approximate surface area is 140 Å². The van der Waals surface area contributed by atoms with Crippen molar-refractivity contribution in [2.75, 3.05) is 6.54 Å². The lowest BCUT2D eigenvalue weighted by atomic mass is 9.93. The SMILES string of the molecule is CCNC(Cc1c(C)cccc1C)c1ccc(Cl)cc1Br. The minimum absolute atomic E-state index is 0.279. The van der Waals surface area contributed by atoms with E-state index in [1.807, 2.05) is 12.1 Å². The van der Waals surface area contributed by atoms with Gasteiger partial charge in [-0.15, -0.1) is 0 Å². The summed E-state index contributed by atoms with van der Waals surface area (Å²) in [6, 6.07) is 12.8. The molecular formula is C18H21BrClN. The zero-order valence-corrected chi connectivity index (χ0v) is 15.1. The van der Waals surface area contributed by atoms with Crippen LogP contribution in [0.25, 0.3) is 0 Å². The Morgan fingerprint density at radius 2 is 1.81 bits per heavy atom. The van der Waals surface area contributed by atoms with Gasteiger partial charge < -0.3 is 5.32 Å². The summed E-state index contributed by atoms with van der Waals surface area (Å²) in [5.41, 5.74) is 5.38. The van der Waals surface area contributed by atoms with E-state index >= 15 is 0 Å². The van der Waals surface area contributed by atoms with Crippen LogP contribution in [0.2, 0.25) is 5.02 Å². The van der Waals surface area contributed by atoms with Crippen LogP contribution in [0, 0.1) is 13.8 Å². The van der Waals surface area contributed by atoms with E-state index in [2.05, 4.69) is 66.3 Å². The number of hydrogen-bond donors (Lipinski definition) is 1. The second kappa shape index (κ2) is 7.44. The summed E-state index contributed by atoms with van der Waals surface area (Å²) >= 11 is 9.70. The maximum absolute atomic E-state index is 6.06. The van der Waals surface area contributed by atoms with Gasteiger partial charge in [-0.25, -0.2) is 0 Å². The Bertz CT molecular complexity index is 604. The fourth-order valence-electron chi connectivity index (χ4n) is 2.70. The molecule has 0 radical (unpaired) electrons. The van der Waals surface area contributed by atoms with Gasteiger partial charge >= 0.3 is 0 Å². The molecule has 1 unspecified atom stereocenters. The Morgan fingerprint density at radius 3 is 2.38 bits per heavy atom. The van der Waals surface area contributed by atoms with E-state index in [1.54, 1.807) is 0 Å². The van der Waals surface area contributed by atoms with E-state index in [9.17, 15) is 0 Å². The third-order valence-corrected chi connectivity index (χ3v) is 4.76.